The van der Waals surface area contributed by atoms with Gasteiger partial charge >= 0.3 is 0 Å². The van der Waals surface area contributed by atoms with Crippen LogP contribution in [0.25, 0.3) is 22.8 Å². The molecule has 0 atom stereocenters. The molecule has 5 rings (SSSR count). The fourth-order valence-corrected chi connectivity index (χ4v) is 5.60. The highest BCUT2D eigenvalue weighted by Crippen LogP contribution is 2.39. The van der Waals surface area contributed by atoms with Gasteiger partial charge in [-0.15, -0.1) is 0 Å². The maximum absolute atomic E-state index is 13.7. The van der Waals surface area contributed by atoms with Crippen LogP contribution in [0.15, 0.2) is 60.9 Å². The lowest BCUT2D eigenvalue weighted by Crippen LogP contribution is -2.33. The molecule has 0 aliphatic carbocycles. The Bertz CT molecular complexity index is 1490. The number of hydrogen-bond acceptors (Lipinski definition) is 6. The topological polar surface area (TPSA) is 73.1 Å². The lowest BCUT2D eigenvalue weighted by atomic mass is 10.1. The lowest BCUT2D eigenvalue weighted by molar-refractivity contribution is 0.0131. The molecule has 4 aromatic rings. The van der Waals surface area contributed by atoms with E-state index in [0.717, 1.165) is 28.9 Å². The van der Waals surface area contributed by atoms with Crippen LogP contribution in [0.1, 0.15) is 18.2 Å². The largest absolute Gasteiger partial charge is 0.486 e. The Hall–Kier alpha value is -3.58. The van der Waals surface area contributed by atoms with E-state index in [1.807, 2.05) is 48.5 Å². The summed E-state index contributed by atoms with van der Waals surface area (Å²) in [5.41, 5.74) is 2.28. The number of rotatable bonds is 6. The molecule has 0 unspecified atom stereocenters. The first kappa shape index (κ1) is 25.1. The first-order valence-corrected chi connectivity index (χ1v) is 14.5. The van der Waals surface area contributed by atoms with E-state index in [0.29, 0.717) is 42.9 Å². The summed E-state index contributed by atoms with van der Waals surface area (Å²) in [5, 5.41) is 0.743. The summed E-state index contributed by atoms with van der Waals surface area (Å²) in [5.74, 6) is -0.730. The molecule has 2 aromatic heterocycles. The minimum absolute atomic E-state index is 0.251. The fraction of sp³-hybridized carbons (Fsp3) is 0.296. The van der Waals surface area contributed by atoms with Gasteiger partial charge in [0.25, 0.3) is 5.92 Å². The standard InChI is InChI=1S/C27H28F2N5O2P/c1-27(28,29)23-17-33(2)25(31-23)19-11-9-18(10-12-19)16-34-13-14-36-21-15-30-24(32-26(21)34)20-7-5-6-8-22(20)37(3,4)35/h5-12,15,17H,13-14,16H2,1-4H3. The number of nitrogens with zero attached hydrogens (tertiary/aromatic N) is 5. The molecular formula is C27H28F2N5O2P. The van der Waals surface area contributed by atoms with Crippen LogP contribution in [0.5, 0.6) is 5.75 Å². The second kappa shape index (κ2) is 9.38. The van der Waals surface area contributed by atoms with E-state index < -0.39 is 13.1 Å². The molecule has 0 radical (unpaired) electrons. The number of alkyl halides is 2. The van der Waals surface area contributed by atoms with E-state index in [1.165, 1.54) is 6.20 Å². The van der Waals surface area contributed by atoms with E-state index in [-0.39, 0.29) is 5.69 Å². The molecule has 0 spiro atoms. The Morgan fingerprint density at radius 2 is 1.81 bits per heavy atom. The molecular weight excluding hydrogens is 495 g/mol. The van der Waals surface area contributed by atoms with Crippen LogP contribution >= 0.6 is 7.14 Å². The Balaban J connectivity index is 1.42. The van der Waals surface area contributed by atoms with Gasteiger partial charge in [-0.05, 0) is 18.9 Å². The van der Waals surface area contributed by atoms with Crippen molar-refractivity contribution >= 4 is 18.3 Å². The van der Waals surface area contributed by atoms with Crippen LogP contribution in [0.3, 0.4) is 0 Å². The first-order valence-electron chi connectivity index (χ1n) is 11.9. The summed E-state index contributed by atoms with van der Waals surface area (Å²) in [6.07, 6.45) is 3.03. The number of aromatic nitrogens is 4. The third-order valence-corrected chi connectivity index (χ3v) is 7.84. The van der Waals surface area contributed by atoms with Crippen LogP contribution in [0.4, 0.5) is 14.6 Å². The summed E-state index contributed by atoms with van der Waals surface area (Å²) in [4.78, 5) is 15.6. The third kappa shape index (κ3) is 5.14. The predicted octanol–water partition coefficient (Wildman–Crippen LogP) is 5.30. The van der Waals surface area contributed by atoms with Gasteiger partial charge in [0.1, 0.15) is 25.3 Å². The molecule has 0 saturated heterocycles. The minimum Gasteiger partial charge on any atom is -0.486 e. The molecule has 1 aliphatic rings. The van der Waals surface area contributed by atoms with Crippen molar-refractivity contribution in [2.45, 2.75) is 19.4 Å². The minimum atomic E-state index is -2.99. The molecule has 3 heterocycles. The van der Waals surface area contributed by atoms with E-state index in [9.17, 15) is 13.3 Å². The average molecular weight is 524 g/mol. The number of halogens is 2. The molecule has 0 bridgehead atoms. The highest BCUT2D eigenvalue weighted by molar-refractivity contribution is 7.70. The zero-order chi connectivity index (χ0) is 26.4. The number of benzene rings is 2. The number of aryl methyl sites for hydroxylation is 1. The maximum Gasteiger partial charge on any atom is 0.288 e. The van der Waals surface area contributed by atoms with Gasteiger partial charge in [-0.25, -0.2) is 15.0 Å². The van der Waals surface area contributed by atoms with Crippen molar-refractivity contribution in [3.8, 4) is 28.5 Å². The zero-order valence-corrected chi connectivity index (χ0v) is 22.0. The van der Waals surface area contributed by atoms with Crippen molar-refractivity contribution in [3.63, 3.8) is 0 Å². The molecule has 1 aliphatic heterocycles. The van der Waals surface area contributed by atoms with E-state index >= 15 is 0 Å². The summed E-state index contributed by atoms with van der Waals surface area (Å²) in [6, 6.07) is 15.2. The highest BCUT2D eigenvalue weighted by atomic mass is 31.2. The van der Waals surface area contributed by atoms with Crippen molar-refractivity contribution in [2.75, 3.05) is 31.4 Å². The SMILES string of the molecule is Cn1cc(C(C)(F)F)nc1-c1ccc(CN2CCOc3cnc(-c4ccccc4P(C)(C)=O)nc32)cc1. The van der Waals surface area contributed by atoms with Gasteiger partial charge in [0.2, 0.25) is 0 Å². The molecule has 0 fully saturated rings. The maximum atomic E-state index is 13.7. The van der Waals surface area contributed by atoms with Crippen LogP contribution < -0.4 is 14.9 Å². The summed E-state index contributed by atoms with van der Waals surface area (Å²) in [6.45, 7) is 6.05. The van der Waals surface area contributed by atoms with Gasteiger partial charge in [0, 0.05) is 43.1 Å². The average Bonchev–Trinajstić information content (AvgIpc) is 3.26. The van der Waals surface area contributed by atoms with Crippen LogP contribution in [0, 0.1) is 0 Å². The third-order valence-electron chi connectivity index (χ3n) is 6.29. The molecule has 0 N–H and O–H groups in total. The van der Waals surface area contributed by atoms with Crippen LogP contribution in [0.2, 0.25) is 0 Å². The van der Waals surface area contributed by atoms with Crippen molar-refractivity contribution in [2.24, 2.45) is 7.05 Å². The highest BCUT2D eigenvalue weighted by Gasteiger charge is 2.29. The van der Waals surface area contributed by atoms with Crippen LogP contribution in [-0.4, -0.2) is 46.0 Å². The summed E-state index contributed by atoms with van der Waals surface area (Å²) in [7, 11) is -0.825. The Kier molecular flexibility index (Phi) is 6.36. The monoisotopic (exact) mass is 523 g/mol. The first-order chi connectivity index (χ1) is 17.5. The second-order valence-corrected chi connectivity index (χ2v) is 12.8. The van der Waals surface area contributed by atoms with Crippen LogP contribution in [-0.2, 0) is 24.1 Å². The normalized spacial score (nSPS) is 13.8. The molecule has 7 nitrogen and oxygen atoms in total. The van der Waals surface area contributed by atoms with Gasteiger partial charge in [-0.1, -0.05) is 48.5 Å². The Morgan fingerprint density at radius 3 is 2.49 bits per heavy atom. The van der Waals surface area contributed by atoms with E-state index in [2.05, 4.69) is 14.9 Å². The van der Waals surface area contributed by atoms with Gasteiger partial charge in [0.05, 0.1) is 12.7 Å². The van der Waals surface area contributed by atoms with Crippen molar-refractivity contribution in [1.82, 2.24) is 19.5 Å². The Labute approximate surface area is 214 Å². The number of imidazole rings is 1. The number of fused-ring (bicyclic) bond motifs is 1. The Morgan fingerprint density at radius 1 is 1.08 bits per heavy atom. The fourth-order valence-electron chi connectivity index (χ4n) is 4.40. The van der Waals surface area contributed by atoms with E-state index in [1.54, 1.807) is 31.1 Å². The molecule has 192 valence electrons. The number of ether oxygens (including phenoxy) is 1. The van der Waals surface area contributed by atoms with Gasteiger partial charge < -0.3 is 18.8 Å². The smallest absolute Gasteiger partial charge is 0.288 e. The van der Waals surface area contributed by atoms with E-state index in [4.69, 9.17) is 9.72 Å². The second-order valence-electron chi connectivity index (χ2n) is 9.67. The lowest BCUT2D eigenvalue weighted by Gasteiger charge is -2.30. The van der Waals surface area contributed by atoms with Gasteiger partial charge in [-0.2, -0.15) is 8.78 Å². The van der Waals surface area contributed by atoms with Gasteiger partial charge in [0.15, 0.2) is 17.4 Å². The molecule has 2 aromatic carbocycles. The number of hydrogen-bond donors (Lipinski definition) is 0. The zero-order valence-electron chi connectivity index (χ0n) is 21.2. The molecule has 0 amide bonds. The molecule has 10 heteroatoms. The van der Waals surface area contributed by atoms with Gasteiger partial charge in [-0.3, -0.25) is 0 Å². The van der Waals surface area contributed by atoms with Crippen molar-refractivity contribution < 1.29 is 18.1 Å². The predicted molar refractivity (Wildman–Crippen MR) is 141 cm³/mol. The molecule has 0 saturated carbocycles. The van der Waals surface area contributed by atoms with Crippen molar-refractivity contribution in [1.29, 1.82) is 0 Å². The number of anilines is 1. The van der Waals surface area contributed by atoms with Crippen molar-refractivity contribution in [3.05, 3.63) is 72.2 Å². The summed E-state index contributed by atoms with van der Waals surface area (Å²) < 4.78 is 47.7. The summed E-state index contributed by atoms with van der Waals surface area (Å²) >= 11 is 0. The molecule has 37 heavy (non-hydrogen) atoms. The quantitative estimate of drug-likeness (QED) is 0.319.